The fourth-order valence-electron chi connectivity index (χ4n) is 6.80. The van der Waals surface area contributed by atoms with Crippen molar-refractivity contribution in [3.05, 3.63) is 30.1 Å². The van der Waals surface area contributed by atoms with Crippen LogP contribution in [0.25, 0.3) is 11.4 Å². The highest BCUT2D eigenvalue weighted by molar-refractivity contribution is 7.19. The number of likely N-dealkylation sites (N-methyl/N-ethyl adjacent to an activating group) is 1. The maximum absolute atomic E-state index is 14.2. The lowest BCUT2D eigenvalue weighted by molar-refractivity contribution is -0.131. The topological polar surface area (TPSA) is 116 Å². The second kappa shape index (κ2) is 20.1. The van der Waals surface area contributed by atoms with Crippen molar-refractivity contribution in [1.82, 2.24) is 19.8 Å². The third-order valence-electron chi connectivity index (χ3n) is 10.1. The van der Waals surface area contributed by atoms with Crippen molar-refractivity contribution in [2.24, 2.45) is 27.3 Å². The molecule has 2 atom stereocenters. The standard InChI is InChI=1S/C41H63N7O5S/c1-12-16-18-28(13-2)25-47(26-29(14-3)19-17-22-50-8)34(49)27-46(15-4)35-21-20-33(54-35)42-36-38(41(5,6)7)45-48-39(43-44-40(36)48)31-23-30(51-9)24-32(52-10)37(31)53-11/h20-21,23-24,28-29H,12-19,22,25-27H2,1-11H3. The number of methoxy groups -OCH3 is 4. The van der Waals surface area contributed by atoms with E-state index in [1.54, 1.807) is 50.5 Å². The van der Waals surface area contributed by atoms with Gasteiger partial charge in [0.2, 0.25) is 11.7 Å². The summed E-state index contributed by atoms with van der Waals surface area (Å²) in [5, 5.41) is 15.9. The first-order valence-corrected chi connectivity index (χ1v) is 20.3. The molecule has 0 spiro atoms. The van der Waals surface area contributed by atoms with Gasteiger partial charge in [-0.25, -0.2) is 4.99 Å². The van der Waals surface area contributed by atoms with Crippen molar-refractivity contribution in [2.75, 3.05) is 66.1 Å². The van der Waals surface area contributed by atoms with Gasteiger partial charge in [-0.1, -0.05) is 78.6 Å². The molecule has 0 aliphatic carbocycles. The number of hydrogen-bond acceptors (Lipinski definition) is 11. The SMILES string of the molecule is CCCCC(CC)CN(CC(CC)CCCOC)C(=O)CN(CC)c1ccc(N=C2C(C(C)(C)C)=Nn3c2nnc3-c2cc(OC)cc(OC)c2OC)s1. The maximum Gasteiger partial charge on any atom is 0.242 e. The number of amides is 1. The van der Waals surface area contributed by atoms with Gasteiger partial charge in [-0.2, -0.15) is 9.78 Å². The highest BCUT2D eigenvalue weighted by Crippen LogP contribution is 2.42. The molecule has 4 rings (SSSR count). The lowest BCUT2D eigenvalue weighted by atomic mass is 9.87. The molecule has 3 aromatic rings. The highest BCUT2D eigenvalue weighted by Gasteiger charge is 2.36. The van der Waals surface area contributed by atoms with Crippen LogP contribution < -0.4 is 19.1 Å². The van der Waals surface area contributed by atoms with Gasteiger partial charge in [-0.3, -0.25) is 4.79 Å². The van der Waals surface area contributed by atoms with Gasteiger partial charge >= 0.3 is 0 Å². The van der Waals surface area contributed by atoms with Crippen LogP contribution in [0, 0.1) is 17.3 Å². The molecule has 3 heterocycles. The van der Waals surface area contributed by atoms with E-state index < -0.39 is 0 Å². The normalized spacial score (nSPS) is 14.5. The molecule has 298 valence electrons. The van der Waals surface area contributed by atoms with Crippen LogP contribution in [0.2, 0.25) is 0 Å². The van der Waals surface area contributed by atoms with E-state index in [2.05, 4.69) is 74.5 Å². The molecular weight excluding hydrogens is 703 g/mol. The molecule has 13 heteroatoms. The van der Waals surface area contributed by atoms with E-state index in [1.165, 1.54) is 12.8 Å². The first-order chi connectivity index (χ1) is 26.0. The largest absolute Gasteiger partial charge is 0.497 e. The summed E-state index contributed by atoms with van der Waals surface area (Å²) in [6.45, 7) is 18.5. The van der Waals surface area contributed by atoms with Crippen LogP contribution in [0.4, 0.5) is 10.0 Å². The Hall–Kier alpha value is -3.97. The molecule has 2 aromatic heterocycles. The number of rotatable bonds is 22. The molecule has 1 aliphatic heterocycles. The third-order valence-corrected chi connectivity index (χ3v) is 11.2. The number of nitrogens with zero attached hydrogens (tertiary/aromatic N) is 7. The van der Waals surface area contributed by atoms with Crippen LogP contribution in [0.1, 0.15) is 99.2 Å². The first-order valence-electron chi connectivity index (χ1n) is 19.5. The van der Waals surface area contributed by atoms with Crippen molar-refractivity contribution in [2.45, 2.75) is 93.4 Å². The lowest BCUT2D eigenvalue weighted by Gasteiger charge is -2.33. The fourth-order valence-corrected chi connectivity index (χ4v) is 7.75. The summed E-state index contributed by atoms with van der Waals surface area (Å²) in [7, 11) is 6.53. The van der Waals surface area contributed by atoms with Crippen LogP contribution >= 0.6 is 11.3 Å². The van der Waals surface area contributed by atoms with Crippen molar-refractivity contribution >= 4 is 38.7 Å². The molecule has 0 saturated heterocycles. The van der Waals surface area contributed by atoms with E-state index in [4.69, 9.17) is 29.0 Å². The number of benzene rings is 1. The molecule has 0 radical (unpaired) electrons. The van der Waals surface area contributed by atoms with Gasteiger partial charge in [0, 0.05) is 44.8 Å². The minimum Gasteiger partial charge on any atom is -0.497 e. The molecule has 0 N–H and O–H groups in total. The Morgan fingerprint density at radius 1 is 0.907 bits per heavy atom. The van der Waals surface area contributed by atoms with Crippen LogP contribution in [0.15, 0.2) is 34.4 Å². The second-order valence-corrected chi connectivity index (χ2v) is 16.0. The Balaban J connectivity index is 1.64. The number of carbonyl (C=O) groups excluding carboxylic acids is 1. The van der Waals surface area contributed by atoms with E-state index in [0.717, 1.165) is 67.5 Å². The van der Waals surface area contributed by atoms with Crippen LogP contribution in [-0.4, -0.2) is 98.3 Å². The molecule has 1 amide bonds. The monoisotopic (exact) mass is 765 g/mol. The van der Waals surface area contributed by atoms with E-state index in [1.807, 2.05) is 12.1 Å². The number of aromatic nitrogens is 3. The average Bonchev–Trinajstić information content (AvgIpc) is 3.90. The number of aliphatic imine (C=N–C) groups is 1. The molecule has 54 heavy (non-hydrogen) atoms. The third kappa shape index (κ3) is 10.4. The zero-order chi connectivity index (χ0) is 39.4. The van der Waals surface area contributed by atoms with Gasteiger partial charge in [-0.05, 0) is 56.2 Å². The van der Waals surface area contributed by atoms with Crippen LogP contribution in [-0.2, 0) is 9.53 Å². The Kier molecular flexibility index (Phi) is 15.9. The maximum atomic E-state index is 14.2. The van der Waals surface area contributed by atoms with Crippen molar-refractivity contribution in [1.29, 1.82) is 0 Å². The highest BCUT2D eigenvalue weighted by atomic mass is 32.1. The second-order valence-electron chi connectivity index (χ2n) is 15.0. The quantitative estimate of drug-likeness (QED) is 0.0933. The fraction of sp³-hybridized carbons (Fsp3) is 0.634. The van der Waals surface area contributed by atoms with Crippen LogP contribution in [0.5, 0.6) is 17.2 Å². The number of unbranched alkanes of at least 4 members (excludes halogenated alkanes) is 1. The molecule has 12 nitrogen and oxygen atoms in total. The molecule has 1 aliphatic rings. The number of fused-ring (bicyclic) bond motifs is 1. The minimum absolute atomic E-state index is 0.182. The number of hydrogen-bond donors (Lipinski definition) is 0. The van der Waals surface area contributed by atoms with Crippen molar-refractivity contribution < 1.29 is 23.7 Å². The summed E-state index contributed by atoms with van der Waals surface area (Å²) in [6.07, 6.45) is 7.70. The van der Waals surface area contributed by atoms with Gasteiger partial charge in [0.15, 0.2) is 17.3 Å². The van der Waals surface area contributed by atoms with Gasteiger partial charge in [0.25, 0.3) is 0 Å². The first kappa shape index (κ1) is 42.8. The zero-order valence-electron chi connectivity index (χ0n) is 34.5. The van der Waals surface area contributed by atoms with Gasteiger partial charge in [0.05, 0.1) is 44.2 Å². The van der Waals surface area contributed by atoms with Gasteiger partial charge in [-0.15, -0.1) is 10.2 Å². The van der Waals surface area contributed by atoms with Gasteiger partial charge in [0.1, 0.15) is 16.5 Å². The number of thiophene rings is 1. The zero-order valence-corrected chi connectivity index (χ0v) is 35.3. The average molecular weight is 766 g/mol. The lowest BCUT2D eigenvalue weighted by Crippen LogP contribution is -2.44. The predicted octanol–water partition coefficient (Wildman–Crippen LogP) is 8.74. The van der Waals surface area contributed by atoms with E-state index in [9.17, 15) is 4.79 Å². The molecular formula is C41H63N7O5S. The van der Waals surface area contributed by atoms with Gasteiger partial charge < -0.3 is 28.7 Å². The summed E-state index contributed by atoms with van der Waals surface area (Å²) in [6, 6.07) is 7.67. The summed E-state index contributed by atoms with van der Waals surface area (Å²) in [4.78, 5) is 23.7. The van der Waals surface area contributed by atoms with E-state index in [0.29, 0.717) is 65.1 Å². The summed E-state index contributed by atoms with van der Waals surface area (Å²) in [5.74, 6) is 3.77. The summed E-state index contributed by atoms with van der Waals surface area (Å²) >= 11 is 1.56. The van der Waals surface area contributed by atoms with E-state index in [-0.39, 0.29) is 11.3 Å². The van der Waals surface area contributed by atoms with Crippen LogP contribution in [0.3, 0.4) is 0 Å². The molecule has 1 aromatic carbocycles. The van der Waals surface area contributed by atoms with E-state index >= 15 is 0 Å². The van der Waals surface area contributed by atoms with Crippen molar-refractivity contribution in [3.8, 4) is 28.6 Å². The minimum atomic E-state index is -0.342. The molecule has 0 fully saturated rings. The number of ether oxygens (including phenoxy) is 4. The molecule has 0 bridgehead atoms. The van der Waals surface area contributed by atoms with Crippen molar-refractivity contribution in [3.63, 3.8) is 0 Å². The Morgan fingerprint density at radius 3 is 2.17 bits per heavy atom. The molecule has 2 unspecified atom stereocenters. The number of anilines is 1. The summed E-state index contributed by atoms with van der Waals surface area (Å²) < 4.78 is 24.0. The smallest absolute Gasteiger partial charge is 0.242 e. The predicted molar refractivity (Wildman–Crippen MR) is 221 cm³/mol. The Labute approximate surface area is 326 Å². The number of carbonyl (C=O) groups is 1. The molecule has 0 saturated carbocycles. The Morgan fingerprint density at radius 2 is 1.59 bits per heavy atom. The Bertz CT molecular complexity index is 1730. The summed E-state index contributed by atoms with van der Waals surface area (Å²) in [5.41, 5.74) is 1.74.